The molecule has 0 aliphatic heterocycles. The molecule has 190 valence electrons. The molecule has 6 heteroatoms. The van der Waals surface area contributed by atoms with Gasteiger partial charge in [0.25, 0.3) is 0 Å². The molecule has 2 aromatic rings. The molecule has 0 saturated carbocycles. The van der Waals surface area contributed by atoms with Crippen molar-refractivity contribution in [2.45, 2.75) is 70.7 Å². The van der Waals surface area contributed by atoms with Gasteiger partial charge in [0.05, 0.1) is 12.2 Å². The van der Waals surface area contributed by atoms with E-state index in [0.717, 1.165) is 36.4 Å². The molecule has 0 radical (unpaired) electrons. The third-order valence-electron chi connectivity index (χ3n) is 6.19. The van der Waals surface area contributed by atoms with Gasteiger partial charge in [0.2, 0.25) is 0 Å². The van der Waals surface area contributed by atoms with E-state index in [-0.39, 0.29) is 18.1 Å². The Morgan fingerprint density at radius 3 is 1.74 bits per heavy atom. The number of ether oxygens (including phenoxy) is 2. The molecule has 2 rings (SSSR count). The lowest BCUT2D eigenvalue weighted by atomic mass is 9.78. The van der Waals surface area contributed by atoms with Gasteiger partial charge in [-0.3, -0.25) is 0 Å². The number of likely N-dealkylation sites (N-methyl/N-ethyl adjacent to an activating group) is 1. The van der Waals surface area contributed by atoms with Crippen LogP contribution in [0, 0.1) is 0 Å². The monoisotopic (exact) mass is 473 g/mol. The molecule has 3 N–H and O–H groups in total. The van der Waals surface area contributed by atoms with Crippen molar-refractivity contribution >= 4 is 0 Å². The van der Waals surface area contributed by atoms with Gasteiger partial charge in [-0.1, -0.05) is 45.0 Å². The predicted octanol–water partition coefficient (Wildman–Crippen LogP) is 3.99. The molecule has 0 aliphatic rings. The first-order chi connectivity index (χ1) is 16.1. The zero-order valence-electron chi connectivity index (χ0n) is 21.4. The van der Waals surface area contributed by atoms with Crippen LogP contribution in [0.15, 0.2) is 48.5 Å². The molecule has 34 heavy (non-hydrogen) atoms. The van der Waals surface area contributed by atoms with Gasteiger partial charge in [-0.2, -0.15) is 0 Å². The molecular formula is C28H43NO5. The molecule has 0 saturated heterocycles. The van der Waals surface area contributed by atoms with E-state index in [4.69, 9.17) is 9.47 Å². The van der Waals surface area contributed by atoms with Gasteiger partial charge < -0.3 is 29.7 Å². The maximum atomic E-state index is 10.3. The number of nitrogens with zero attached hydrogens (tertiary/aromatic N) is 1. The average Bonchev–Trinajstić information content (AvgIpc) is 2.81. The quantitative estimate of drug-likeness (QED) is 0.363. The van der Waals surface area contributed by atoms with Crippen LogP contribution < -0.4 is 9.47 Å². The lowest BCUT2D eigenvalue weighted by Gasteiger charge is -2.27. The van der Waals surface area contributed by atoms with Crippen molar-refractivity contribution in [3.05, 3.63) is 59.7 Å². The normalized spacial score (nSPS) is 14.6. The van der Waals surface area contributed by atoms with Gasteiger partial charge >= 0.3 is 0 Å². The molecule has 0 amide bonds. The van der Waals surface area contributed by atoms with Crippen LogP contribution in [-0.2, 0) is 5.41 Å². The Morgan fingerprint density at radius 2 is 1.29 bits per heavy atom. The lowest BCUT2D eigenvalue weighted by molar-refractivity contribution is 0.0745. The van der Waals surface area contributed by atoms with E-state index in [9.17, 15) is 15.3 Å². The van der Waals surface area contributed by atoms with E-state index in [1.807, 2.05) is 38.2 Å². The van der Waals surface area contributed by atoms with Crippen molar-refractivity contribution in [3.63, 3.8) is 0 Å². The fraction of sp³-hybridized carbons (Fsp3) is 0.571. The highest BCUT2D eigenvalue weighted by Crippen LogP contribution is 2.33. The molecule has 6 nitrogen and oxygen atoms in total. The van der Waals surface area contributed by atoms with Crippen molar-refractivity contribution in [1.82, 2.24) is 4.90 Å². The second-order valence-electron chi connectivity index (χ2n) is 9.77. The summed E-state index contributed by atoms with van der Waals surface area (Å²) < 4.78 is 11.4. The first kappa shape index (κ1) is 28.1. The number of hydrogen-bond donors (Lipinski definition) is 3. The van der Waals surface area contributed by atoms with Crippen LogP contribution >= 0.6 is 0 Å². The van der Waals surface area contributed by atoms with Crippen molar-refractivity contribution in [1.29, 1.82) is 0 Å². The summed E-state index contributed by atoms with van der Waals surface area (Å²) in [5, 5.41) is 29.3. The lowest BCUT2D eigenvalue weighted by Crippen LogP contribution is -2.33. The van der Waals surface area contributed by atoms with E-state index in [2.05, 4.69) is 43.0 Å². The highest BCUT2D eigenvalue weighted by atomic mass is 16.5. The summed E-state index contributed by atoms with van der Waals surface area (Å²) in [4.78, 5) is 2.06. The van der Waals surface area contributed by atoms with Crippen molar-refractivity contribution in [3.8, 4) is 11.5 Å². The van der Waals surface area contributed by atoms with Gasteiger partial charge in [-0.05, 0) is 75.2 Å². The fourth-order valence-corrected chi connectivity index (χ4v) is 3.77. The Labute approximate surface area is 205 Å². The van der Waals surface area contributed by atoms with Crippen molar-refractivity contribution in [2.24, 2.45) is 0 Å². The Kier molecular flexibility index (Phi) is 11.3. The fourth-order valence-electron chi connectivity index (χ4n) is 3.77. The summed E-state index contributed by atoms with van der Waals surface area (Å²) in [7, 11) is 1.97. The third kappa shape index (κ3) is 9.26. The van der Waals surface area contributed by atoms with Gasteiger partial charge in [-0.25, -0.2) is 0 Å². The maximum Gasteiger partial charge on any atom is 0.119 e. The summed E-state index contributed by atoms with van der Waals surface area (Å²) in [6, 6.07) is 16.0. The first-order valence-electron chi connectivity index (χ1n) is 12.3. The molecular weight excluding hydrogens is 430 g/mol. The standard InChI is InChI=1S/C28H43NO5/c1-6-24(31)19-33-26-13-9-22(10-14-26)28(3,4)23-11-15-27(16-12-23)34-20-25(32)18-29(5)17-7-8-21(2)30/h9-16,21,24-25,30-32H,6-8,17-20H2,1-5H3. The minimum absolute atomic E-state index is 0.200. The molecule has 0 fully saturated rings. The third-order valence-corrected chi connectivity index (χ3v) is 6.19. The van der Waals surface area contributed by atoms with Crippen molar-refractivity contribution in [2.75, 3.05) is 33.4 Å². The predicted molar refractivity (Wildman–Crippen MR) is 137 cm³/mol. The second kappa shape index (κ2) is 13.7. The van der Waals surface area contributed by atoms with Crippen LogP contribution in [-0.4, -0.2) is 71.9 Å². The van der Waals surface area contributed by atoms with Gasteiger partial charge in [0, 0.05) is 12.0 Å². The van der Waals surface area contributed by atoms with Gasteiger partial charge in [0.15, 0.2) is 0 Å². The SMILES string of the molecule is CCC(O)COc1ccc(C(C)(C)c2ccc(OCC(O)CN(C)CCCC(C)O)cc2)cc1. The molecule has 2 aromatic carbocycles. The smallest absolute Gasteiger partial charge is 0.119 e. The maximum absolute atomic E-state index is 10.3. The summed E-state index contributed by atoms with van der Waals surface area (Å²) in [5.74, 6) is 1.48. The summed E-state index contributed by atoms with van der Waals surface area (Å²) in [6.07, 6.45) is 1.03. The van der Waals surface area contributed by atoms with E-state index in [0.29, 0.717) is 19.6 Å². The number of aliphatic hydroxyl groups is 3. The van der Waals surface area contributed by atoms with Crippen LogP contribution in [0.25, 0.3) is 0 Å². The molecule has 0 heterocycles. The summed E-state index contributed by atoms with van der Waals surface area (Å²) in [6.45, 7) is 9.98. The number of aliphatic hydroxyl groups excluding tert-OH is 3. The molecule has 3 unspecified atom stereocenters. The van der Waals surface area contributed by atoms with E-state index >= 15 is 0 Å². The summed E-state index contributed by atoms with van der Waals surface area (Å²) >= 11 is 0. The molecule has 0 bridgehead atoms. The second-order valence-corrected chi connectivity index (χ2v) is 9.77. The van der Waals surface area contributed by atoms with Crippen LogP contribution in [0.2, 0.25) is 0 Å². The number of benzene rings is 2. The van der Waals surface area contributed by atoms with E-state index < -0.39 is 12.2 Å². The highest BCUT2D eigenvalue weighted by molar-refractivity contribution is 5.41. The highest BCUT2D eigenvalue weighted by Gasteiger charge is 2.23. The minimum Gasteiger partial charge on any atom is -0.491 e. The van der Waals surface area contributed by atoms with Crippen molar-refractivity contribution < 1.29 is 24.8 Å². The Morgan fingerprint density at radius 1 is 0.824 bits per heavy atom. The Balaban J connectivity index is 1.86. The molecule has 0 aliphatic carbocycles. The summed E-state index contributed by atoms with van der Waals surface area (Å²) in [5.41, 5.74) is 2.13. The molecule has 0 spiro atoms. The van der Waals surface area contributed by atoms with Gasteiger partial charge in [0.1, 0.15) is 30.8 Å². The topological polar surface area (TPSA) is 82.4 Å². The van der Waals surface area contributed by atoms with Gasteiger partial charge in [-0.15, -0.1) is 0 Å². The molecule has 0 aromatic heterocycles. The van der Waals surface area contributed by atoms with E-state index in [1.54, 1.807) is 6.92 Å². The van der Waals surface area contributed by atoms with Crippen LogP contribution in [0.4, 0.5) is 0 Å². The first-order valence-corrected chi connectivity index (χ1v) is 12.3. The average molecular weight is 474 g/mol. The van der Waals surface area contributed by atoms with E-state index in [1.165, 1.54) is 5.56 Å². The van der Waals surface area contributed by atoms with Crippen LogP contribution in [0.5, 0.6) is 11.5 Å². The van der Waals surface area contributed by atoms with Crippen LogP contribution in [0.1, 0.15) is 58.1 Å². The Hall–Kier alpha value is -2.12. The number of rotatable bonds is 15. The minimum atomic E-state index is -0.577. The number of hydrogen-bond acceptors (Lipinski definition) is 6. The Bertz CT molecular complexity index is 820. The zero-order chi connectivity index (χ0) is 25.1. The zero-order valence-corrected chi connectivity index (χ0v) is 21.4. The van der Waals surface area contributed by atoms with Crippen LogP contribution in [0.3, 0.4) is 0 Å². The largest absolute Gasteiger partial charge is 0.491 e. The molecule has 3 atom stereocenters.